The second kappa shape index (κ2) is 4.50. The molecule has 6 heteroatoms. The Morgan fingerprint density at radius 2 is 1.80 bits per heavy atom. The van der Waals surface area contributed by atoms with Crippen LogP contribution in [0.3, 0.4) is 0 Å². The molecule has 3 rings (SSSR count). The minimum atomic E-state index is -4.28. The van der Waals surface area contributed by atoms with E-state index in [1.807, 2.05) is 6.92 Å². The molecule has 1 N–H and O–H groups in total. The van der Waals surface area contributed by atoms with Gasteiger partial charge in [-0.15, -0.1) is 0 Å². The lowest BCUT2D eigenvalue weighted by Gasteiger charge is -2.09. The van der Waals surface area contributed by atoms with Gasteiger partial charge in [0.05, 0.1) is 0 Å². The number of hydrogen-bond donors (Lipinski definition) is 1. The zero-order valence-corrected chi connectivity index (χ0v) is 11.5. The second-order valence-electron chi connectivity index (χ2n) is 4.54. The number of ether oxygens (including phenoxy) is 2. The first-order valence-electron chi connectivity index (χ1n) is 5.93. The van der Waals surface area contributed by atoms with Gasteiger partial charge in [0.25, 0.3) is 10.1 Å². The predicted molar refractivity (Wildman–Crippen MR) is 72.6 cm³/mol. The van der Waals surface area contributed by atoms with Gasteiger partial charge in [-0.2, -0.15) is 8.42 Å². The summed E-state index contributed by atoms with van der Waals surface area (Å²) in [5, 5.41) is 0. The molecule has 1 heterocycles. The minimum absolute atomic E-state index is 0.123. The highest BCUT2D eigenvalue weighted by molar-refractivity contribution is 7.86. The Bertz CT molecular complexity index is 780. The Kier molecular flexibility index (Phi) is 2.92. The third kappa shape index (κ3) is 2.23. The third-order valence-corrected chi connectivity index (χ3v) is 4.01. The fraction of sp³-hybridized carbons (Fsp3) is 0.143. The standard InChI is InChI=1S/C14H12O5S/c1-9-2-5-14(20(15,16)17)11(6-9)10-3-4-12-13(7-10)19-8-18-12/h2-7H,8H2,1H3,(H,15,16,17). The van der Waals surface area contributed by atoms with E-state index in [1.54, 1.807) is 30.3 Å². The van der Waals surface area contributed by atoms with Gasteiger partial charge < -0.3 is 9.47 Å². The first-order chi connectivity index (χ1) is 9.45. The Balaban J connectivity index is 2.21. The van der Waals surface area contributed by atoms with Gasteiger partial charge in [0, 0.05) is 5.56 Å². The van der Waals surface area contributed by atoms with Crippen molar-refractivity contribution in [1.29, 1.82) is 0 Å². The average molecular weight is 292 g/mol. The van der Waals surface area contributed by atoms with Gasteiger partial charge in [-0.1, -0.05) is 23.8 Å². The van der Waals surface area contributed by atoms with Crippen LogP contribution in [0, 0.1) is 6.92 Å². The summed E-state index contributed by atoms with van der Waals surface area (Å²) in [4.78, 5) is -0.123. The lowest BCUT2D eigenvalue weighted by molar-refractivity contribution is 0.174. The summed E-state index contributed by atoms with van der Waals surface area (Å²) in [6.45, 7) is 2.00. The topological polar surface area (TPSA) is 72.8 Å². The van der Waals surface area contributed by atoms with E-state index in [0.29, 0.717) is 22.6 Å². The van der Waals surface area contributed by atoms with Crippen molar-refractivity contribution in [1.82, 2.24) is 0 Å². The predicted octanol–water partition coefficient (Wildman–Crippen LogP) is 2.64. The summed E-state index contributed by atoms with van der Waals surface area (Å²) in [5.41, 5.74) is 1.97. The van der Waals surface area contributed by atoms with Crippen molar-refractivity contribution in [3.05, 3.63) is 42.0 Å². The summed E-state index contributed by atoms with van der Waals surface area (Å²) in [7, 11) is -4.28. The van der Waals surface area contributed by atoms with E-state index in [1.165, 1.54) is 6.07 Å². The normalized spacial score (nSPS) is 13.5. The Hall–Kier alpha value is -2.05. The van der Waals surface area contributed by atoms with E-state index in [9.17, 15) is 13.0 Å². The van der Waals surface area contributed by atoms with E-state index in [2.05, 4.69) is 0 Å². The molecule has 2 aromatic rings. The molecule has 104 valence electrons. The molecule has 0 radical (unpaired) electrons. The van der Waals surface area contributed by atoms with Crippen molar-refractivity contribution in [2.45, 2.75) is 11.8 Å². The molecule has 1 aliphatic rings. The van der Waals surface area contributed by atoms with Crippen molar-refractivity contribution in [3.8, 4) is 22.6 Å². The van der Waals surface area contributed by atoms with Crippen LogP contribution in [-0.2, 0) is 10.1 Å². The first-order valence-corrected chi connectivity index (χ1v) is 7.37. The molecule has 20 heavy (non-hydrogen) atoms. The molecule has 0 saturated carbocycles. The highest BCUT2D eigenvalue weighted by Crippen LogP contribution is 2.37. The summed E-state index contributed by atoms with van der Waals surface area (Å²) in [6.07, 6.45) is 0. The van der Waals surface area contributed by atoms with Crippen LogP contribution in [0.2, 0.25) is 0 Å². The van der Waals surface area contributed by atoms with Crippen LogP contribution in [-0.4, -0.2) is 19.8 Å². The maximum Gasteiger partial charge on any atom is 0.295 e. The second-order valence-corrected chi connectivity index (χ2v) is 5.93. The van der Waals surface area contributed by atoms with Gasteiger partial charge in [-0.3, -0.25) is 4.55 Å². The van der Waals surface area contributed by atoms with Crippen LogP contribution in [0.5, 0.6) is 11.5 Å². The Morgan fingerprint density at radius 1 is 1.05 bits per heavy atom. The smallest absolute Gasteiger partial charge is 0.295 e. The molecule has 0 fully saturated rings. The zero-order chi connectivity index (χ0) is 14.3. The largest absolute Gasteiger partial charge is 0.454 e. The lowest BCUT2D eigenvalue weighted by Crippen LogP contribution is -2.01. The molecule has 0 aromatic heterocycles. The van der Waals surface area contributed by atoms with Crippen LogP contribution in [0.1, 0.15) is 5.56 Å². The SMILES string of the molecule is Cc1ccc(S(=O)(=O)O)c(-c2ccc3c(c2)OCO3)c1. The van der Waals surface area contributed by atoms with Crippen molar-refractivity contribution >= 4 is 10.1 Å². The highest BCUT2D eigenvalue weighted by Gasteiger charge is 2.19. The Labute approximate surface area is 116 Å². The fourth-order valence-electron chi connectivity index (χ4n) is 2.16. The highest BCUT2D eigenvalue weighted by atomic mass is 32.2. The van der Waals surface area contributed by atoms with Gasteiger partial charge in [0.1, 0.15) is 4.90 Å². The van der Waals surface area contributed by atoms with Gasteiger partial charge in [0.2, 0.25) is 6.79 Å². The van der Waals surface area contributed by atoms with E-state index in [-0.39, 0.29) is 11.7 Å². The van der Waals surface area contributed by atoms with Gasteiger partial charge >= 0.3 is 0 Å². The number of rotatable bonds is 2. The van der Waals surface area contributed by atoms with Crippen LogP contribution >= 0.6 is 0 Å². The molecule has 5 nitrogen and oxygen atoms in total. The third-order valence-electron chi connectivity index (χ3n) is 3.10. The molecular weight excluding hydrogens is 280 g/mol. The maximum atomic E-state index is 11.5. The lowest BCUT2D eigenvalue weighted by atomic mass is 10.0. The maximum absolute atomic E-state index is 11.5. The van der Waals surface area contributed by atoms with E-state index >= 15 is 0 Å². The number of hydrogen-bond acceptors (Lipinski definition) is 4. The fourth-order valence-corrected chi connectivity index (χ4v) is 2.85. The zero-order valence-electron chi connectivity index (χ0n) is 10.7. The summed E-state index contributed by atoms with van der Waals surface area (Å²) < 4.78 is 42.8. The molecular formula is C14H12O5S. The molecule has 2 aromatic carbocycles. The van der Waals surface area contributed by atoms with E-state index in [4.69, 9.17) is 9.47 Å². The molecule has 0 spiro atoms. The monoisotopic (exact) mass is 292 g/mol. The Morgan fingerprint density at radius 3 is 2.55 bits per heavy atom. The van der Waals surface area contributed by atoms with Crippen molar-refractivity contribution in [2.75, 3.05) is 6.79 Å². The van der Waals surface area contributed by atoms with Gasteiger partial charge in [-0.25, -0.2) is 0 Å². The van der Waals surface area contributed by atoms with E-state index in [0.717, 1.165) is 5.56 Å². The molecule has 0 unspecified atom stereocenters. The van der Waals surface area contributed by atoms with Crippen LogP contribution in [0.15, 0.2) is 41.3 Å². The molecule has 0 aliphatic carbocycles. The number of benzene rings is 2. The van der Waals surface area contributed by atoms with Crippen molar-refractivity contribution < 1.29 is 22.4 Å². The van der Waals surface area contributed by atoms with Crippen molar-refractivity contribution in [2.24, 2.45) is 0 Å². The summed E-state index contributed by atoms with van der Waals surface area (Å²) in [6, 6.07) is 9.89. The molecule has 0 amide bonds. The molecule has 0 saturated heterocycles. The van der Waals surface area contributed by atoms with E-state index < -0.39 is 10.1 Å². The molecule has 0 bridgehead atoms. The van der Waals surface area contributed by atoms with Crippen molar-refractivity contribution in [3.63, 3.8) is 0 Å². The number of aryl methyl sites for hydroxylation is 1. The van der Waals surface area contributed by atoms with Crippen LogP contribution < -0.4 is 9.47 Å². The molecule has 1 aliphatic heterocycles. The van der Waals surface area contributed by atoms with Crippen LogP contribution in [0.4, 0.5) is 0 Å². The first kappa shape index (κ1) is 13.0. The minimum Gasteiger partial charge on any atom is -0.454 e. The molecule has 0 atom stereocenters. The van der Waals surface area contributed by atoms with Crippen LogP contribution in [0.25, 0.3) is 11.1 Å². The summed E-state index contributed by atoms with van der Waals surface area (Å²) in [5.74, 6) is 1.18. The van der Waals surface area contributed by atoms with Gasteiger partial charge in [-0.05, 0) is 30.7 Å². The number of fused-ring (bicyclic) bond motifs is 1. The van der Waals surface area contributed by atoms with Gasteiger partial charge in [0.15, 0.2) is 11.5 Å². The quantitative estimate of drug-likeness (QED) is 0.861. The average Bonchev–Trinajstić information content (AvgIpc) is 2.84. The summed E-state index contributed by atoms with van der Waals surface area (Å²) >= 11 is 0.